The summed E-state index contributed by atoms with van der Waals surface area (Å²) in [5.74, 6) is 1.52. The van der Waals surface area contributed by atoms with Gasteiger partial charge < -0.3 is 4.74 Å². The third-order valence-corrected chi connectivity index (χ3v) is 7.01. The molecule has 0 bridgehead atoms. The van der Waals surface area contributed by atoms with E-state index in [-0.39, 0.29) is 11.9 Å². The minimum absolute atomic E-state index is 0.0578. The number of thioether (sulfide) groups is 1. The van der Waals surface area contributed by atoms with Gasteiger partial charge in [-0.15, -0.1) is 11.3 Å². The summed E-state index contributed by atoms with van der Waals surface area (Å²) in [7, 11) is 0. The van der Waals surface area contributed by atoms with Crippen LogP contribution >= 0.6 is 35.3 Å². The molecule has 1 fully saturated rings. The molecule has 1 aromatic heterocycles. The lowest BCUT2D eigenvalue weighted by Crippen LogP contribution is -2.35. The maximum atomic E-state index is 13.4. The summed E-state index contributed by atoms with van der Waals surface area (Å²) in [6.45, 7) is 2.02. The highest BCUT2D eigenvalue weighted by atomic mass is 32.2. The number of benzene rings is 2. The van der Waals surface area contributed by atoms with Gasteiger partial charge >= 0.3 is 0 Å². The number of carbonyl (C=O) groups is 1. The first-order valence-corrected chi connectivity index (χ1v) is 10.9. The van der Waals surface area contributed by atoms with Crippen molar-refractivity contribution in [3.8, 4) is 11.5 Å². The van der Waals surface area contributed by atoms with Crippen LogP contribution in [0.3, 0.4) is 0 Å². The van der Waals surface area contributed by atoms with Crippen LogP contribution < -0.4 is 4.74 Å². The second-order valence-electron chi connectivity index (χ2n) is 6.60. The van der Waals surface area contributed by atoms with Crippen LogP contribution in [0.1, 0.15) is 27.6 Å². The van der Waals surface area contributed by atoms with Crippen molar-refractivity contribution >= 4 is 51.6 Å². The highest BCUT2D eigenvalue weighted by Crippen LogP contribution is 2.50. The highest BCUT2D eigenvalue weighted by molar-refractivity contribution is 8.26. The van der Waals surface area contributed by atoms with Crippen LogP contribution in [0.5, 0.6) is 11.5 Å². The van der Waals surface area contributed by atoms with Crippen molar-refractivity contribution in [3.63, 3.8) is 0 Å². The normalized spacial score (nSPS) is 19.5. The first kappa shape index (κ1) is 17.7. The van der Waals surface area contributed by atoms with Gasteiger partial charge in [-0.1, -0.05) is 66.4 Å². The highest BCUT2D eigenvalue weighted by Gasteiger charge is 2.42. The number of fused-ring (bicyclic) bond motifs is 2. The molecule has 1 amide bonds. The largest absolute Gasteiger partial charge is 0.456 e. The van der Waals surface area contributed by atoms with Crippen molar-refractivity contribution in [3.05, 3.63) is 86.5 Å². The minimum Gasteiger partial charge on any atom is -0.456 e. The molecule has 5 rings (SSSR count). The summed E-state index contributed by atoms with van der Waals surface area (Å²) < 4.78 is 6.75. The lowest BCUT2D eigenvalue weighted by molar-refractivity contribution is -0.123. The Kier molecular flexibility index (Phi) is 4.34. The van der Waals surface area contributed by atoms with Crippen LogP contribution in [0.25, 0.3) is 6.08 Å². The fraction of sp³-hybridized carbons (Fsp3) is 0.0909. The number of amides is 1. The Morgan fingerprint density at radius 1 is 1.07 bits per heavy atom. The number of ether oxygens (including phenoxy) is 1. The van der Waals surface area contributed by atoms with Crippen molar-refractivity contribution in [2.75, 3.05) is 0 Å². The Balaban J connectivity index is 1.64. The van der Waals surface area contributed by atoms with Crippen LogP contribution in [-0.4, -0.2) is 15.1 Å². The fourth-order valence-electron chi connectivity index (χ4n) is 3.59. The molecule has 28 heavy (non-hydrogen) atoms. The van der Waals surface area contributed by atoms with Crippen molar-refractivity contribution < 1.29 is 9.53 Å². The van der Waals surface area contributed by atoms with Gasteiger partial charge in [-0.2, -0.15) is 0 Å². The van der Waals surface area contributed by atoms with E-state index in [9.17, 15) is 4.79 Å². The van der Waals surface area contributed by atoms with Gasteiger partial charge in [0.05, 0.1) is 10.9 Å². The molecule has 1 saturated heterocycles. The van der Waals surface area contributed by atoms with E-state index in [4.69, 9.17) is 17.0 Å². The van der Waals surface area contributed by atoms with E-state index < -0.39 is 0 Å². The van der Waals surface area contributed by atoms with E-state index >= 15 is 0 Å². The third-order valence-electron chi connectivity index (χ3n) is 4.86. The van der Waals surface area contributed by atoms with Crippen molar-refractivity contribution in [2.24, 2.45) is 0 Å². The van der Waals surface area contributed by atoms with Crippen LogP contribution in [-0.2, 0) is 4.79 Å². The number of thiocarbonyl (C=S) groups is 1. The summed E-state index contributed by atoms with van der Waals surface area (Å²) in [6, 6.07) is 17.6. The molecule has 138 valence electrons. The topological polar surface area (TPSA) is 29.5 Å². The van der Waals surface area contributed by atoms with Gasteiger partial charge in [0, 0.05) is 16.0 Å². The molecular weight excluding hydrogens is 406 g/mol. The average molecular weight is 422 g/mol. The van der Waals surface area contributed by atoms with E-state index in [1.807, 2.05) is 73.0 Å². The SMILES string of the molecule is Cc1cccc2c1Oc1ccccc1[C@@H]2N1C(=O)/C(=C/c2cccs2)SC1=S. The first-order chi connectivity index (χ1) is 13.6. The van der Waals surface area contributed by atoms with E-state index in [0.29, 0.717) is 9.23 Å². The zero-order valence-corrected chi connectivity index (χ0v) is 17.4. The number of aryl methyl sites for hydroxylation is 1. The zero-order valence-electron chi connectivity index (χ0n) is 14.9. The maximum absolute atomic E-state index is 13.4. The molecule has 0 unspecified atom stereocenters. The summed E-state index contributed by atoms with van der Waals surface area (Å²) in [5, 5.41) is 2.00. The van der Waals surface area contributed by atoms with Crippen molar-refractivity contribution in [2.45, 2.75) is 13.0 Å². The van der Waals surface area contributed by atoms with E-state index in [1.54, 1.807) is 16.2 Å². The first-order valence-electron chi connectivity index (χ1n) is 8.80. The summed E-state index contributed by atoms with van der Waals surface area (Å²) in [6.07, 6.45) is 1.92. The predicted octanol–water partition coefficient (Wildman–Crippen LogP) is 6.15. The summed E-state index contributed by atoms with van der Waals surface area (Å²) in [5.41, 5.74) is 2.96. The molecule has 6 heteroatoms. The number of para-hydroxylation sites is 2. The van der Waals surface area contributed by atoms with Gasteiger partial charge in [-0.3, -0.25) is 9.69 Å². The van der Waals surface area contributed by atoms with Gasteiger partial charge in [-0.25, -0.2) is 0 Å². The monoisotopic (exact) mass is 421 g/mol. The molecule has 0 N–H and O–H groups in total. The molecule has 0 radical (unpaired) electrons. The Hall–Kier alpha value is -2.41. The molecule has 0 spiro atoms. The van der Waals surface area contributed by atoms with Gasteiger partial charge in [0.2, 0.25) is 0 Å². The maximum Gasteiger partial charge on any atom is 0.267 e. The Bertz CT molecular complexity index is 1130. The predicted molar refractivity (Wildman–Crippen MR) is 119 cm³/mol. The standard InChI is InChI=1S/C22H15NO2S3/c1-13-6-4-9-16-19(15-8-2-3-10-17(15)25-20(13)16)23-21(24)18(28-22(23)26)12-14-7-5-11-27-14/h2-12,19H,1H3/b18-12-/t19-/m0/s1. The van der Waals surface area contributed by atoms with Crippen LogP contribution in [0.15, 0.2) is 64.9 Å². The summed E-state index contributed by atoms with van der Waals surface area (Å²) in [4.78, 5) is 16.8. The van der Waals surface area contributed by atoms with Gasteiger partial charge in [0.25, 0.3) is 5.91 Å². The number of carbonyl (C=O) groups excluding carboxylic acids is 1. The van der Waals surface area contributed by atoms with Crippen LogP contribution in [0.2, 0.25) is 0 Å². The number of nitrogens with zero attached hydrogens (tertiary/aromatic N) is 1. The molecule has 2 aliphatic rings. The van der Waals surface area contributed by atoms with E-state index in [2.05, 4.69) is 0 Å². The molecule has 3 heterocycles. The minimum atomic E-state index is -0.290. The van der Waals surface area contributed by atoms with Crippen molar-refractivity contribution in [1.82, 2.24) is 4.90 Å². The number of hydrogen-bond acceptors (Lipinski definition) is 5. The number of hydrogen-bond donors (Lipinski definition) is 0. The number of rotatable bonds is 2. The molecule has 0 saturated carbocycles. The molecular formula is C22H15NO2S3. The third kappa shape index (κ3) is 2.80. The molecule has 3 aromatic rings. The fourth-order valence-corrected chi connectivity index (χ4v) is 5.63. The Morgan fingerprint density at radius 3 is 2.71 bits per heavy atom. The molecule has 2 aliphatic heterocycles. The molecule has 0 aliphatic carbocycles. The second kappa shape index (κ2) is 6.88. The second-order valence-corrected chi connectivity index (χ2v) is 9.26. The van der Waals surface area contributed by atoms with Gasteiger partial charge in [0.15, 0.2) is 0 Å². The van der Waals surface area contributed by atoms with Gasteiger partial charge in [-0.05, 0) is 36.1 Å². The average Bonchev–Trinajstić information content (AvgIpc) is 3.30. The smallest absolute Gasteiger partial charge is 0.267 e. The molecule has 2 aromatic carbocycles. The van der Waals surface area contributed by atoms with E-state index in [1.165, 1.54) is 11.8 Å². The quantitative estimate of drug-likeness (QED) is 0.366. The lowest BCUT2D eigenvalue weighted by Gasteiger charge is -2.34. The van der Waals surface area contributed by atoms with Crippen molar-refractivity contribution in [1.29, 1.82) is 0 Å². The Morgan fingerprint density at radius 2 is 1.89 bits per heavy atom. The number of thiophene rings is 1. The molecule has 3 nitrogen and oxygen atoms in total. The van der Waals surface area contributed by atoms with Crippen LogP contribution in [0, 0.1) is 6.92 Å². The molecule has 1 atom stereocenters. The zero-order chi connectivity index (χ0) is 19.3. The van der Waals surface area contributed by atoms with Crippen LogP contribution in [0.4, 0.5) is 0 Å². The summed E-state index contributed by atoms with van der Waals surface area (Å²) >= 11 is 8.62. The lowest BCUT2D eigenvalue weighted by atomic mass is 9.92. The van der Waals surface area contributed by atoms with E-state index in [0.717, 1.165) is 33.1 Å². The van der Waals surface area contributed by atoms with Gasteiger partial charge in [0.1, 0.15) is 15.8 Å². The Labute approximate surface area is 176 Å².